The number of hydrogen-bond acceptors (Lipinski definition) is 3. The number of aromatic amines is 1. The van der Waals surface area contributed by atoms with E-state index in [1.807, 2.05) is 6.20 Å². The molecule has 4 nitrogen and oxygen atoms in total. The van der Waals surface area contributed by atoms with E-state index in [2.05, 4.69) is 60.3 Å². The van der Waals surface area contributed by atoms with Crippen molar-refractivity contribution >= 4 is 0 Å². The van der Waals surface area contributed by atoms with Gasteiger partial charge in [0.05, 0.1) is 18.8 Å². The Balaban J connectivity index is 1.83. The molecule has 20 heavy (non-hydrogen) atoms. The lowest BCUT2D eigenvalue weighted by atomic mass is 10.1. The molecule has 4 heteroatoms. The van der Waals surface area contributed by atoms with Crippen LogP contribution in [0.2, 0.25) is 0 Å². The lowest BCUT2D eigenvalue weighted by Gasteiger charge is -2.19. The minimum atomic E-state index is -0.104. The molecule has 0 saturated carbocycles. The average molecular weight is 273 g/mol. The molecule has 0 unspecified atom stereocenters. The standard InChI is InChI=1S/C16H23N3O/c1-16(2,3)20-12-14-6-4-5-13(9-14)10-17-11-15-18-7-8-19-15/h4-9,17H,10-12H2,1-3H3,(H,18,19). The van der Waals surface area contributed by atoms with Gasteiger partial charge in [-0.15, -0.1) is 0 Å². The normalized spacial score (nSPS) is 11.8. The summed E-state index contributed by atoms with van der Waals surface area (Å²) in [4.78, 5) is 7.26. The number of ether oxygens (including phenoxy) is 1. The second-order valence-corrected chi connectivity index (χ2v) is 5.86. The fraction of sp³-hybridized carbons (Fsp3) is 0.438. The second-order valence-electron chi connectivity index (χ2n) is 5.86. The quantitative estimate of drug-likeness (QED) is 0.850. The third kappa shape index (κ3) is 5.15. The topological polar surface area (TPSA) is 49.9 Å². The van der Waals surface area contributed by atoms with Crippen molar-refractivity contribution < 1.29 is 4.74 Å². The lowest BCUT2D eigenvalue weighted by Crippen LogP contribution is -2.19. The van der Waals surface area contributed by atoms with E-state index in [9.17, 15) is 0 Å². The first kappa shape index (κ1) is 14.8. The zero-order valence-corrected chi connectivity index (χ0v) is 12.4. The molecule has 1 heterocycles. The first-order valence-electron chi connectivity index (χ1n) is 6.94. The van der Waals surface area contributed by atoms with Crippen LogP contribution >= 0.6 is 0 Å². The van der Waals surface area contributed by atoms with Crippen molar-refractivity contribution in [3.8, 4) is 0 Å². The molecule has 0 saturated heterocycles. The van der Waals surface area contributed by atoms with Crippen LogP contribution in [-0.2, 0) is 24.4 Å². The number of aromatic nitrogens is 2. The van der Waals surface area contributed by atoms with Crippen LogP contribution in [0.4, 0.5) is 0 Å². The van der Waals surface area contributed by atoms with Gasteiger partial charge in [0, 0.05) is 18.9 Å². The van der Waals surface area contributed by atoms with E-state index in [-0.39, 0.29) is 5.60 Å². The molecular weight excluding hydrogens is 250 g/mol. The highest BCUT2D eigenvalue weighted by molar-refractivity contribution is 5.23. The maximum absolute atomic E-state index is 5.80. The van der Waals surface area contributed by atoms with Gasteiger partial charge in [0.15, 0.2) is 0 Å². The van der Waals surface area contributed by atoms with Gasteiger partial charge in [0.25, 0.3) is 0 Å². The van der Waals surface area contributed by atoms with Gasteiger partial charge in [-0.05, 0) is 31.9 Å². The van der Waals surface area contributed by atoms with Crippen molar-refractivity contribution in [2.45, 2.75) is 46.1 Å². The summed E-state index contributed by atoms with van der Waals surface area (Å²) in [6, 6.07) is 8.48. The molecule has 108 valence electrons. The molecule has 0 aliphatic rings. The Bertz CT molecular complexity index is 515. The van der Waals surface area contributed by atoms with Gasteiger partial charge < -0.3 is 15.0 Å². The van der Waals surface area contributed by atoms with Gasteiger partial charge in [0.1, 0.15) is 5.82 Å². The van der Waals surface area contributed by atoms with Crippen LogP contribution in [0.25, 0.3) is 0 Å². The molecule has 2 rings (SSSR count). The predicted octanol–water partition coefficient (Wildman–Crippen LogP) is 3.01. The van der Waals surface area contributed by atoms with E-state index in [0.717, 1.165) is 18.9 Å². The number of nitrogens with zero attached hydrogens (tertiary/aromatic N) is 1. The van der Waals surface area contributed by atoms with E-state index in [1.165, 1.54) is 11.1 Å². The Morgan fingerprint density at radius 1 is 1.20 bits per heavy atom. The number of hydrogen-bond donors (Lipinski definition) is 2. The van der Waals surface area contributed by atoms with Gasteiger partial charge in [-0.1, -0.05) is 24.3 Å². The fourth-order valence-corrected chi connectivity index (χ4v) is 1.85. The molecule has 0 amide bonds. The van der Waals surface area contributed by atoms with E-state index in [0.29, 0.717) is 6.61 Å². The molecule has 2 N–H and O–H groups in total. The second kappa shape index (κ2) is 6.68. The SMILES string of the molecule is CC(C)(C)OCc1cccc(CNCc2ncc[nH]2)c1. The molecule has 2 aromatic rings. The van der Waals surface area contributed by atoms with Crippen LogP contribution in [-0.4, -0.2) is 15.6 Å². The maximum atomic E-state index is 5.80. The fourth-order valence-electron chi connectivity index (χ4n) is 1.85. The highest BCUT2D eigenvalue weighted by Crippen LogP contribution is 2.13. The molecule has 1 aromatic heterocycles. The van der Waals surface area contributed by atoms with E-state index in [1.54, 1.807) is 6.20 Å². The molecule has 0 radical (unpaired) electrons. The van der Waals surface area contributed by atoms with Crippen LogP contribution < -0.4 is 5.32 Å². The van der Waals surface area contributed by atoms with Crippen LogP contribution in [0.3, 0.4) is 0 Å². The van der Waals surface area contributed by atoms with Gasteiger partial charge >= 0.3 is 0 Å². The summed E-state index contributed by atoms with van der Waals surface area (Å²) < 4.78 is 5.80. The summed E-state index contributed by atoms with van der Waals surface area (Å²) in [7, 11) is 0. The van der Waals surface area contributed by atoms with Crippen molar-refractivity contribution in [2.24, 2.45) is 0 Å². The van der Waals surface area contributed by atoms with Crippen molar-refractivity contribution in [2.75, 3.05) is 0 Å². The molecule has 0 spiro atoms. The van der Waals surface area contributed by atoms with Crippen LogP contribution in [0, 0.1) is 0 Å². The summed E-state index contributed by atoms with van der Waals surface area (Å²) in [5.74, 6) is 0.956. The highest BCUT2D eigenvalue weighted by atomic mass is 16.5. The van der Waals surface area contributed by atoms with Crippen molar-refractivity contribution in [1.29, 1.82) is 0 Å². The molecule has 0 atom stereocenters. The zero-order chi connectivity index (χ0) is 14.4. The summed E-state index contributed by atoms with van der Waals surface area (Å²) in [6.45, 7) is 8.43. The summed E-state index contributed by atoms with van der Waals surface area (Å²) >= 11 is 0. The monoisotopic (exact) mass is 273 g/mol. The first-order valence-corrected chi connectivity index (χ1v) is 6.94. The van der Waals surface area contributed by atoms with Crippen LogP contribution in [0.1, 0.15) is 37.7 Å². The molecule has 0 fully saturated rings. The smallest absolute Gasteiger partial charge is 0.120 e. The summed E-state index contributed by atoms with van der Waals surface area (Å²) in [5, 5.41) is 3.37. The average Bonchev–Trinajstić information content (AvgIpc) is 2.89. The number of H-pyrrole nitrogens is 1. The molecular formula is C16H23N3O. The number of nitrogens with one attached hydrogen (secondary N) is 2. The zero-order valence-electron chi connectivity index (χ0n) is 12.4. The Morgan fingerprint density at radius 3 is 2.70 bits per heavy atom. The Morgan fingerprint density at radius 2 is 2.00 bits per heavy atom. The van der Waals surface area contributed by atoms with Crippen molar-refractivity contribution in [1.82, 2.24) is 15.3 Å². The van der Waals surface area contributed by atoms with Gasteiger partial charge in [-0.3, -0.25) is 0 Å². The first-order chi connectivity index (χ1) is 9.53. The van der Waals surface area contributed by atoms with E-state index < -0.39 is 0 Å². The van der Waals surface area contributed by atoms with E-state index >= 15 is 0 Å². The molecule has 1 aromatic carbocycles. The van der Waals surface area contributed by atoms with Crippen molar-refractivity contribution in [3.05, 3.63) is 53.6 Å². The summed E-state index contributed by atoms with van der Waals surface area (Å²) in [5.41, 5.74) is 2.36. The summed E-state index contributed by atoms with van der Waals surface area (Å²) in [6.07, 6.45) is 3.60. The van der Waals surface area contributed by atoms with Gasteiger partial charge in [0.2, 0.25) is 0 Å². The third-order valence-corrected chi connectivity index (χ3v) is 2.84. The Labute approximate surface area is 120 Å². The largest absolute Gasteiger partial charge is 0.371 e. The van der Waals surface area contributed by atoms with Crippen LogP contribution in [0.15, 0.2) is 36.7 Å². The number of rotatable bonds is 6. The molecule has 0 aliphatic heterocycles. The predicted molar refractivity (Wildman–Crippen MR) is 80.1 cm³/mol. The number of imidazole rings is 1. The number of benzene rings is 1. The van der Waals surface area contributed by atoms with E-state index in [4.69, 9.17) is 4.74 Å². The third-order valence-electron chi connectivity index (χ3n) is 2.84. The maximum Gasteiger partial charge on any atom is 0.120 e. The van der Waals surface area contributed by atoms with Crippen LogP contribution in [0.5, 0.6) is 0 Å². The minimum absolute atomic E-state index is 0.104. The van der Waals surface area contributed by atoms with Crippen molar-refractivity contribution in [3.63, 3.8) is 0 Å². The van der Waals surface area contributed by atoms with Gasteiger partial charge in [-0.25, -0.2) is 4.98 Å². The van der Waals surface area contributed by atoms with Gasteiger partial charge in [-0.2, -0.15) is 0 Å². The Kier molecular flexibility index (Phi) is 4.93. The molecule has 0 bridgehead atoms. The minimum Gasteiger partial charge on any atom is -0.371 e. The Hall–Kier alpha value is -1.65. The molecule has 0 aliphatic carbocycles. The lowest BCUT2D eigenvalue weighted by molar-refractivity contribution is -0.0149. The highest BCUT2D eigenvalue weighted by Gasteiger charge is 2.10.